The number of hydrogen-bond acceptors (Lipinski definition) is 5. The van der Waals surface area contributed by atoms with Crippen molar-refractivity contribution in [2.75, 3.05) is 19.0 Å². The first-order valence-electron chi connectivity index (χ1n) is 7.69. The van der Waals surface area contributed by atoms with Crippen molar-refractivity contribution in [3.05, 3.63) is 23.8 Å². The SMILES string of the molecule is COC(=O)c1cccc2[nH]c(NC(=O)[C@H]3CCN[C@@H](C)C3)nc12. The summed E-state index contributed by atoms with van der Waals surface area (Å²) >= 11 is 0. The molecule has 0 radical (unpaired) electrons. The summed E-state index contributed by atoms with van der Waals surface area (Å²) in [5.41, 5.74) is 1.55. The average Bonchev–Trinajstić information content (AvgIpc) is 2.96. The third kappa shape index (κ3) is 3.19. The van der Waals surface area contributed by atoms with Crippen LogP contribution >= 0.6 is 0 Å². The van der Waals surface area contributed by atoms with Gasteiger partial charge in [-0.2, -0.15) is 0 Å². The molecule has 0 aliphatic carbocycles. The molecule has 7 nitrogen and oxygen atoms in total. The van der Waals surface area contributed by atoms with Crippen molar-refractivity contribution in [2.24, 2.45) is 5.92 Å². The van der Waals surface area contributed by atoms with E-state index in [0.717, 1.165) is 19.4 Å². The molecule has 1 aliphatic heterocycles. The number of imidazole rings is 1. The van der Waals surface area contributed by atoms with E-state index in [9.17, 15) is 9.59 Å². The molecule has 1 aliphatic rings. The van der Waals surface area contributed by atoms with Crippen LogP contribution in [0.2, 0.25) is 0 Å². The number of benzene rings is 1. The highest BCUT2D eigenvalue weighted by atomic mass is 16.5. The number of rotatable bonds is 3. The Labute approximate surface area is 133 Å². The van der Waals surface area contributed by atoms with Crippen LogP contribution in [0.4, 0.5) is 5.95 Å². The third-order valence-electron chi connectivity index (χ3n) is 4.15. The number of H-pyrrole nitrogens is 1. The normalized spacial score (nSPS) is 21.1. The van der Waals surface area contributed by atoms with Crippen LogP contribution in [0, 0.1) is 5.92 Å². The number of para-hydroxylation sites is 1. The van der Waals surface area contributed by atoms with Gasteiger partial charge in [-0.15, -0.1) is 0 Å². The minimum Gasteiger partial charge on any atom is -0.465 e. The van der Waals surface area contributed by atoms with Crippen LogP contribution in [-0.2, 0) is 9.53 Å². The number of carbonyl (C=O) groups excluding carboxylic acids is 2. The summed E-state index contributed by atoms with van der Waals surface area (Å²) in [5, 5.41) is 6.14. The van der Waals surface area contributed by atoms with E-state index < -0.39 is 5.97 Å². The first-order valence-corrected chi connectivity index (χ1v) is 7.69. The van der Waals surface area contributed by atoms with Crippen LogP contribution in [0.15, 0.2) is 18.2 Å². The summed E-state index contributed by atoms with van der Waals surface area (Å²) in [6.45, 7) is 2.91. The fraction of sp³-hybridized carbons (Fsp3) is 0.438. The zero-order valence-electron chi connectivity index (χ0n) is 13.2. The number of aromatic amines is 1. The highest BCUT2D eigenvalue weighted by molar-refractivity contribution is 6.03. The maximum Gasteiger partial charge on any atom is 0.340 e. The predicted molar refractivity (Wildman–Crippen MR) is 86.3 cm³/mol. The first kappa shape index (κ1) is 15.5. The molecule has 23 heavy (non-hydrogen) atoms. The van der Waals surface area contributed by atoms with Crippen molar-refractivity contribution < 1.29 is 14.3 Å². The van der Waals surface area contributed by atoms with Gasteiger partial charge in [0.1, 0.15) is 5.52 Å². The van der Waals surface area contributed by atoms with Crippen LogP contribution < -0.4 is 10.6 Å². The summed E-state index contributed by atoms with van der Waals surface area (Å²) in [6.07, 6.45) is 1.61. The fourth-order valence-electron chi connectivity index (χ4n) is 2.95. The van der Waals surface area contributed by atoms with Gasteiger partial charge in [-0.1, -0.05) is 6.07 Å². The number of carbonyl (C=O) groups is 2. The number of amides is 1. The van der Waals surface area contributed by atoms with Crippen molar-refractivity contribution in [2.45, 2.75) is 25.8 Å². The van der Waals surface area contributed by atoms with Crippen molar-refractivity contribution in [1.29, 1.82) is 0 Å². The number of anilines is 1. The van der Waals surface area contributed by atoms with Gasteiger partial charge in [0.15, 0.2) is 0 Å². The van der Waals surface area contributed by atoms with Crippen LogP contribution in [-0.4, -0.2) is 41.5 Å². The molecule has 1 aromatic heterocycles. The summed E-state index contributed by atoms with van der Waals surface area (Å²) in [7, 11) is 1.33. The van der Waals surface area contributed by atoms with Gasteiger partial charge >= 0.3 is 5.97 Å². The van der Waals surface area contributed by atoms with Gasteiger partial charge in [0.25, 0.3) is 0 Å². The van der Waals surface area contributed by atoms with E-state index in [1.54, 1.807) is 18.2 Å². The molecule has 0 bridgehead atoms. The van der Waals surface area contributed by atoms with Crippen molar-refractivity contribution >= 4 is 28.9 Å². The second-order valence-electron chi connectivity index (χ2n) is 5.84. The maximum absolute atomic E-state index is 12.4. The number of aromatic nitrogens is 2. The van der Waals surface area contributed by atoms with E-state index in [-0.39, 0.29) is 11.8 Å². The lowest BCUT2D eigenvalue weighted by molar-refractivity contribution is -0.120. The van der Waals surface area contributed by atoms with Crippen molar-refractivity contribution in [3.63, 3.8) is 0 Å². The van der Waals surface area contributed by atoms with Gasteiger partial charge in [-0.05, 0) is 38.4 Å². The largest absolute Gasteiger partial charge is 0.465 e. The number of methoxy groups -OCH3 is 1. The first-order chi connectivity index (χ1) is 11.1. The summed E-state index contributed by atoms with van der Waals surface area (Å²) in [5.74, 6) is -0.170. The zero-order valence-corrected chi connectivity index (χ0v) is 13.2. The van der Waals surface area contributed by atoms with Gasteiger partial charge < -0.3 is 15.0 Å². The highest BCUT2D eigenvalue weighted by Gasteiger charge is 2.25. The number of nitrogens with one attached hydrogen (secondary N) is 3. The lowest BCUT2D eigenvalue weighted by Crippen LogP contribution is -2.40. The Bertz CT molecular complexity index is 740. The van der Waals surface area contributed by atoms with E-state index in [0.29, 0.717) is 28.6 Å². The molecule has 2 aromatic rings. The molecule has 1 amide bonds. The molecule has 0 spiro atoms. The number of esters is 1. The lowest BCUT2D eigenvalue weighted by atomic mass is 9.92. The van der Waals surface area contributed by atoms with Gasteiger partial charge in [0.05, 0.1) is 18.2 Å². The van der Waals surface area contributed by atoms with E-state index in [1.807, 2.05) is 0 Å². The van der Waals surface area contributed by atoms with Gasteiger partial charge in [0, 0.05) is 12.0 Å². The Morgan fingerprint density at radius 3 is 2.96 bits per heavy atom. The monoisotopic (exact) mass is 316 g/mol. The average molecular weight is 316 g/mol. The zero-order chi connectivity index (χ0) is 16.4. The number of nitrogens with zero attached hydrogens (tertiary/aromatic N) is 1. The molecule has 3 N–H and O–H groups in total. The van der Waals surface area contributed by atoms with Crippen LogP contribution in [0.25, 0.3) is 11.0 Å². The number of ether oxygens (including phenoxy) is 1. The maximum atomic E-state index is 12.4. The van der Waals surface area contributed by atoms with Crippen molar-refractivity contribution in [3.8, 4) is 0 Å². The van der Waals surface area contributed by atoms with Gasteiger partial charge in [0.2, 0.25) is 11.9 Å². The Kier molecular flexibility index (Phi) is 4.29. The molecule has 0 saturated carbocycles. The van der Waals surface area contributed by atoms with Gasteiger partial charge in [-0.3, -0.25) is 10.1 Å². The number of piperidine rings is 1. The molecular formula is C16H20N4O3. The molecular weight excluding hydrogens is 296 g/mol. The lowest BCUT2D eigenvalue weighted by Gasteiger charge is -2.26. The second-order valence-corrected chi connectivity index (χ2v) is 5.84. The fourth-order valence-corrected chi connectivity index (χ4v) is 2.95. The molecule has 2 atom stereocenters. The molecule has 122 valence electrons. The number of hydrogen-bond donors (Lipinski definition) is 3. The number of fused-ring (bicyclic) bond motifs is 1. The summed E-state index contributed by atoms with van der Waals surface area (Å²) in [4.78, 5) is 31.5. The molecule has 2 heterocycles. The van der Waals surface area contributed by atoms with Crippen LogP contribution in [0.3, 0.4) is 0 Å². The van der Waals surface area contributed by atoms with Gasteiger partial charge in [-0.25, -0.2) is 9.78 Å². The highest BCUT2D eigenvalue weighted by Crippen LogP contribution is 2.21. The Morgan fingerprint density at radius 2 is 2.22 bits per heavy atom. The van der Waals surface area contributed by atoms with E-state index in [2.05, 4.69) is 27.5 Å². The molecule has 3 rings (SSSR count). The van der Waals surface area contributed by atoms with E-state index in [1.165, 1.54) is 7.11 Å². The van der Waals surface area contributed by atoms with Crippen LogP contribution in [0.5, 0.6) is 0 Å². The molecule has 7 heteroatoms. The third-order valence-corrected chi connectivity index (χ3v) is 4.15. The van der Waals surface area contributed by atoms with E-state index >= 15 is 0 Å². The standard InChI is InChI=1S/C16H20N4O3/c1-9-8-10(6-7-17-9)14(21)20-16-18-12-5-3-4-11(13(12)19-16)15(22)23-2/h3-5,9-10,17H,6-8H2,1-2H3,(H2,18,19,20,21)/t9-,10-/m0/s1. The quantitative estimate of drug-likeness (QED) is 0.749. The summed E-state index contributed by atoms with van der Waals surface area (Å²) < 4.78 is 4.75. The summed E-state index contributed by atoms with van der Waals surface area (Å²) in [6, 6.07) is 5.53. The second kappa shape index (κ2) is 6.37. The minimum atomic E-state index is -0.452. The Morgan fingerprint density at radius 1 is 1.39 bits per heavy atom. The topological polar surface area (TPSA) is 96.1 Å². The minimum absolute atomic E-state index is 0.0282. The Hall–Kier alpha value is -2.41. The molecule has 1 fully saturated rings. The molecule has 1 aromatic carbocycles. The predicted octanol–water partition coefficient (Wildman–Crippen LogP) is 1.68. The molecule has 0 unspecified atom stereocenters. The Balaban J connectivity index is 1.81. The van der Waals surface area contributed by atoms with Crippen LogP contribution in [0.1, 0.15) is 30.1 Å². The van der Waals surface area contributed by atoms with E-state index in [4.69, 9.17) is 4.74 Å². The smallest absolute Gasteiger partial charge is 0.340 e. The molecule has 1 saturated heterocycles. The van der Waals surface area contributed by atoms with Crippen molar-refractivity contribution in [1.82, 2.24) is 15.3 Å².